The van der Waals surface area contributed by atoms with Gasteiger partial charge in [-0.2, -0.15) is 0 Å². The number of nitrogens with zero attached hydrogens (tertiary/aromatic N) is 1. The number of hydrogen-bond acceptors (Lipinski definition) is 5. The van der Waals surface area contributed by atoms with E-state index < -0.39 is 10.0 Å². The molecule has 0 aliphatic carbocycles. The minimum atomic E-state index is -3.73. The Morgan fingerprint density at radius 2 is 1.64 bits per heavy atom. The number of ether oxygens (including phenoxy) is 2. The fourth-order valence-corrected chi connectivity index (χ4v) is 4.69. The van der Waals surface area contributed by atoms with Gasteiger partial charge in [0.1, 0.15) is 12.4 Å². The van der Waals surface area contributed by atoms with Crippen molar-refractivity contribution in [2.75, 3.05) is 36.0 Å². The summed E-state index contributed by atoms with van der Waals surface area (Å²) in [6, 6.07) is 21.9. The molecule has 0 saturated heterocycles. The molecule has 0 atom stereocenters. The van der Waals surface area contributed by atoms with E-state index in [1.807, 2.05) is 13.0 Å². The predicted octanol–water partition coefficient (Wildman–Crippen LogP) is 4.57. The van der Waals surface area contributed by atoms with E-state index in [4.69, 9.17) is 9.47 Å². The summed E-state index contributed by atoms with van der Waals surface area (Å²) in [7, 11) is -3.73. The van der Waals surface area contributed by atoms with Gasteiger partial charge in [0.25, 0.3) is 15.9 Å². The number of benzene rings is 3. The largest absolute Gasteiger partial charge is 0.491 e. The van der Waals surface area contributed by atoms with Gasteiger partial charge >= 0.3 is 0 Å². The molecule has 33 heavy (non-hydrogen) atoms. The second-order valence-electron chi connectivity index (χ2n) is 7.06. The second kappa shape index (κ2) is 11.5. The van der Waals surface area contributed by atoms with Crippen LogP contribution in [0.5, 0.6) is 5.75 Å². The molecule has 1 N–H and O–H groups in total. The maximum Gasteiger partial charge on any atom is 0.264 e. The number of carbonyl (C=O) groups excluding carboxylic acids is 1. The minimum Gasteiger partial charge on any atom is -0.491 e. The van der Waals surface area contributed by atoms with Gasteiger partial charge in [0.2, 0.25) is 0 Å². The quantitative estimate of drug-likeness (QED) is 0.417. The monoisotopic (exact) mass is 468 g/mol. The Bertz CT molecular complexity index is 1150. The van der Waals surface area contributed by atoms with Crippen LogP contribution in [0.25, 0.3) is 0 Å². The average Bonchev–Trinajstić information content (AvgIpc) is 2.83. The van der Waals surface area contributed by atoms with Gasteiger partial charge < -0.3 is 14.8 Å². The summed E-state index contributed by atoms with van der Waals surface area (Å²) in [4.78, 5) is 12.8. The van der Waals surface area contributed by atoms with Crippen LogP contribution < -0.4 is 14.4 Å². The highest BCUT2D eigenvalue weighted by molar-refractivity contribution is 7.92. The van der Waals surface area contributed by atoms with Crippen LogP contribution in [-0.4, -0.2) is 40.7 Å². The van der Waals surface area contributed by atoms with Crippen LogP contribution >= 0.6 is 0 Å². The van der Waals surface area contributed by atoms with E-state index in [1.165, 1.54) is 16.4 Å². The van der Waals surface area contributed by atoms with Crippen molar-refractivity contribution in [1.82, 2.24) is 0 Å². The molecule has 0 unspecified atom stereocenters. The minimum absolute atomic E-state index is 0.149. The van der Waals surface area contributed by atoms with E-state index >= 15 is 0 Å². The number of anilines is 2. The summed E-state index contributed by atoms with van der Waals surface area (Å²) >= 11 is 0. The molecule has 8 heteroatoms. The zero-order valence-electron chi connectivity index (χ0n) is 18.7. The zero-order chi connectivity index (χ0) is 23.7. The van der Waals surface area contributed by atoms with Gasteiger partial charge in [-0.1, -0.05) is 24.3 Å². The van der Waals surface area contributed by atoms with Crippen molar-refractivity contribution in [3.05, 3.63) is 84.4 Å². The molecule has 7 nitrogen and oxygen atoms in total. The van der Waals surface area contributed by atoms with Gasteiger partial charge in [-0.15, -0.1) is 0 Å². The Balaban J connectivity index is 1.68. The number of hydrogen-bond donors (Lipinski definition) is 1. The molecule has 1 amide bonds. The summed E-state index contributed by atoms with van der Waals surface area (Å²) in [6.07, 6.45) is 0. The van der Waals surface area contributed by atoms with E-state index in [9.17, 15) is 13.2 Å². The van der Waals surface area contributed by atoms with Crippen LogP contribution in [0.2, 0.25) is 0 Å². The van der Waals surface area contributed by atoms with Gasteiger partial charge in [0.15, 0.2) is 0 Å². The average molecular weight is 469 g/mol. The Kier molecular flexibility index (Phi) is 8.46. The third-order valence-electron chi connectivity index (χ3n) is 4.83. The molecule has 174 valence electrons. The number of para-hydroxylation sites is 1. The Hall–Kier alpha value is -3.36. The molecule has 0 fully saturated rings. The first-order chi connectivity index (χ1) is 16.0. The van der Waals surface area contributed by atoms with Crippen LogP contribution in [0, 0.1) is 0 Å². The van der Waals surface area contributed by atoms with Crippen molar-refractivity contribution < 1.29 is 22.7 Å². The number of sulfonamides is 1. The summed E-state index contributed by atoms with van der Waals surface area (Å²) in [5.41, 5.74) is 1.52. The molecule has 0 aliphatic rings. The van der Waals surface area contributed by atoms with E-state index in [0.717, 1.165) is 0 Å². The lowest BCUT2D eigenvalue weighted by Crippen LogP contribution is -2.30. The Morgan fingerprint density at radius 3 is 2.30 bits per heavy atom. The Morgan fingerprint density at radius 1 is 0.909 bits per heavy atom. The number of amides is 1. The smallest absolute Gasteiger partial charge is 0.264 e. The summed E-state index contributed by atoms with van der Waals surface area (Å²) in [5, 5.41) is 2.79. The van der Waals surface area contributed by atoms with Gasteiger partial charge in [-0.05, 0) is 68.4 Å². The van der Waals surface area contributed by atoms with Crippen LogP contribution in [0.1, 0.15) is 24.2 Å². The van der Waals surface area contributed by atoms with Crippen molar-refractivity contribution in [3.8, 4) is 5.75 Å². The molecule has 3 rings (SSSR count). The van der Waals surface area contributed by atoms with Crippen LogP contribution in [0.3, 0.4) is 0 Å². The molecular formula is C25H28N2O5S. The van der Waals surface area contributed by atoms with Crippen LogP contribution in [0.15, 0.2) is 83.8 Å². The maximum atomic E-state index is 13.1. The molecular weight excluding hydrogens is 440 g/mol. The summed E-state index contributed by atoms with van der Waals surface area (Å²) in [5.74, 6) is 0.254. The fraction of sp³-hybridized carbons (Fsp3) is 0.240. The van der Waals surface area contributed by atoms with E-state index in [-0.39, 0.29) is 10.8 Å². The van der Waals surface area contributed by atoms with Gasteiger partial charge in [-0.25, -0.2) is 8.42 Å². The van der Waals surface area contributed by atoms with Crippen molar-refractivity contribution >= 4 is 27.3 Å². The number of rotatable bonds is 11. The highest BCUT2D eigenvalue weighted by atomic mass is 32.2. The highest BCUT2D eigenvalue weighted by Gasteiger charge is 2.23. The van der Waals surface area contributed by atoms with Crippen molar-refractivity contribution in [3.63, 3.8) is 0 Å². The third-order valence-corrected chi connectivity index (χ3v) is 6.75. The van der Waals surface area contributed by atoms with Crippen LogP contribution in [0.4, 0.5) is 11.4 Å². The van der Waals surface area contributed by atoms with E-state index in [2.05, 4.69) is 5.32 Å². The lowest BCUT2D eigenvalue weighted by Gasteiger charge is -2.23. The molecule has 0 heterocycles. The van der Waals surface area contributed by atoms with Gasteiger partial charge in [0, 0.05) is 24.4 Å². The lowest BCUT2D eigenvalue weighted by atomic mass is 10.2. The molecule has 0 saturated carbocycles. The molecule has 0 bridgehead atoms. The third kappa shape index (κ3) is 6.34. The SMILES string of the molecule is CCOCCOc1cccc(C(=O)Nc2ccc(S(=O)(=O)N(CC)c3ccccc3)cc2)c1. The second-order valence-corrected chi connectivity index (χ2v) is 8.92. The van der Waals surface area contributed by atoms with Crippen molar-refractivity contribution in [1.29, 1.82) is 0 Å². The summed E-state index contributed by atoms with van der Waals surface area (Å²) < 4.78 is 38.4. The van der Waals surface area contributed by atoms with E-state index in [0.29, 0.717) is 49.1 Å². The van der Waals surface area contributed by atoms with E-state index in [1.54, 1.807) is 67.6 Å². The lowest BCUT2D eigenvalue weighted by molar-refractivity contribution is 0.102. The topological polar surface area (TPSA) is 84.9 Å². The molecule has 3 aromatic rings. The number of carbonyl (C=O) groups is 1. The Labute approximate surface area is 195 Å². The normalized spacial score (nSPS) is 11.1. The van der Waals surface area contributed by atoms with Crippen molar-refractivity contribution in [2.24, 2.45) is 0 Å². The molecule has 0 aromatic heterocycles. The fourth-order valence-electron chi connectivity index (χ4n) is 3.22. The molecule has 0 aliphatic heterocycles. The van der Waals surface area contributed by atoms with Gasteiger partial charge in [0.05, 0.1) is 17.2 Å². The maximum absolute atomic E-state index is 13.1. The van der Waals surface area contributed by atoms with Crippen LogP contribution in [-0.2, 0) is 14.8 Å². The summed E-state index contributed by atoms with van der Waals surface area (Å²) in [6.45, 7) is 5.49. The highest BCUT2D eigenvalue weighted by Crippen LogP contribution is 2.24. The molecule has 3 aromatic carbocycles. The van der Waals surface area contributed by atoms with Crippen molar-refractivity contribution in [2.45, 2.75) is 18.7 Å². The first-order valence-electron chi connectivity index (χ1n) is 10.8. The molecule has 0 spiro atoms. The standard InChI is InChI=1S/C25H28N2O5S/c1-3-27(22-10-6-5-7-11-22)33(29,30)24-15-13-21(14-16-24)26-25(28)20-9-8-12-23(19-20)32-18-17-31-4-2/h5-16,19H,3-4,17-18H2,1-2H3,(H,26,28). The first-order valence-corrected chi connectivity index (χ1v) is 12.2. The van der Waals surface area contributed by atoms with Gasteiger partial charge in [-0.3, -0.25) is 9.10 Å². The molecule has 0 radical (unpaired) electrons. The zero-order valence-corrected chi connectivity index (χ0v) is 19.5. The number of nitrogens with one attached hydrogen (secondary N) is 1. The first kappa shape index (κ1) is 24.3. The predicted molar refractivity (Wildman–Crippen MR) is 129 cm³/mol.